The van der Waals surface area contributed by atoms with E-state index >= 15 is 0 Å². The third kappa shape index (κ3) is 3.15. The minimum atomic E-state index is -0.0490. The Morgan fingerprint density at radius 1 is 1.61 bits per heavy atom. The molecular formula is C14H20BrNOS. The van der Waals surface area contributed by atoms with E-state index in [1.165, 1.54) is 17.7 Å². The summed E-state index contributed by atoms with van der Waals surface area (Å²) in [7, 11) is 0. The van der Waals surface area contributed by atoms with E-state index in [-0.39, 0.29) is 11.4 Å². The highest BCUT2D eigenvalue weighted by Gasteiger charge is 2.35. The third-order valence-electron chi connectivity index (χ3n) is 3.69. The van der Waals surface area contributed by atoms with E-state index in [0.29, 0.717) is 5.92 Å². The molecule has 1 aliphatic rings. The van der Waals surface area contributed by atoms with Gasteiger partial charge in [-0.05, 0) is 37.8 Å². The van der Waals surface area contributed by atoms with Gasteiger partial charge in [-0.2, -0.15) is 0 Å². The topological polar surface area (TPSA) is 29.1 Å². The van der Waals surface area contributed by atoms with Crippen molar-refractivity contribution in [3.8, 4) is 0 Å². The molecule has 0 saturated heterocycles. The maximum absolute atomic E-state index is 12.3. The Morgan fingerprint density at radius 3 is 2.94 bits per heavy atom. The zero-order chi connectivity index (χ0) is 13.2. The van der Waals surface area contributed by atoms with Gasteiger partial charge in [0.2, 0.25) is 0 Å². The van der Waals surface area contributed by atoms with Crippen molar-refractivity contribution in [2.75, 3.05) is 5.33 Å². The van der Waals surface area contributed by atoms with Crippen LogP contribution >= 0.6 is 27.3 Å². The van der Waals surface area contributed by atoms with Crippen molar-refractivity contribution in [3.63, 3.8) is 0 Å². The molecule has 1 N–H and O–H groups in total. The summed E-state index contributed by atoms with van der Waals surface area (Å²) in [6.45, 7) is 4.31. The van der Waals surface area contributed by atoms with Gasteiger partial charge in [-0.1, -0.05) is 35.7 Å². The van der Waals surface area contributed by atoms with Crippen molar-refractivity contribution >= 4 is 33.2 Å². The van der Waals surface area contributed by atoms with E-state index < -0.39 is 0 Å². The number of alkyl halides is 1. The van der Waals surface area contributed by atoms with Crippen molar-refractivity contribution in [1.29, 1.82) is 0 Å². The second-order valence-electron chi connectivity index (χ2n) is 5.48. The highest BCUT2D eigenvalue weighted by atomic mass is 79.9. The molecule has 2 unspecified atom stereocenters. The first-order chi connectivity index (χ1) is 8.54. The SMILES string of the molecule is Cc1ccc(C(=O)NC2(CBr)CCCC(C)C2)s1. The smallest absolute Gasteiger partial charge is 0.261 e. The van der Waals surface area contributed by atoms with Crippen molar-refractivity contribution in [2.24, 2.45) is 5.92 Å². The molecule has 4 heteroatoms. The minimum Gasteiger partial charge on any atom is -0.345 e. The zero-order valence-electron chi connectivity index (χ0n) is 11.0. The second kappa shape index (κ2) is 5.74. The lowest BCUT2D eigenvalue weighted by Crippen LogP contribution is -2.52. The van der Waals surface area contributed by atoms with Gasteiger partial charge in [-0.15, -0.1) is 11.3 Å². The molecule has 1 fully saturated rings. The monoisotopic (exact) mass is 329 g/mol. The van der Waals surface area contributed by atoms with Crippen LogP contribution in [0.25, 0.3) is 0 Å². The summed E-state index contributed by atoms with van der Waals surface area (Å²) in [5.41, 5.74) is -0.0490. The first kappa shape index (κ1) is 14.1. The summed E-state index contributed by atoms with van der Waals surface area (Å²) in [5.74, 6) is 0.781. The van der Waals surface area contributed by atoms with Crippen LogP contribution in [-0.4, -0.2) is 16.8 Å². The number of hydrogen-bond donors (Lipinski definition) is 1. The second-order valence-corrected chi connectivity index (χ2v) is 7.33. The number of carbonyl (C=O) groups excluding carboxylic acids is 1. The number of aryl methyl sites for hydroxylation is 1. The van der Waals surface area contributed by atoms with Gasteiger partial charge in [0.25, 0.3) is 5.91 Å². The zero-order valence-corrected chi connectivity index (χ0v) is 13.4. The van der Waals surface area contributed by atoms with Crippen molar-refractivity contribution in [1.82, 2.24) is 5.32 Å². The number of rotatable bonds is 3. The van der Waals surface area contributed by atoms with Crippen LogP contribution in [0.3, 0.4) is 0 Å². The summed E-state index contributed by atoms with van der Waals surface area (Å²) >= 11 is 5.16. The van der Waals surface area contributed by atoms with Gasteiger partial charge in [0, 0.05) is 10.2 Å². The lowest BCUT2D eigenvalue weighted by molar-refractivity contribution is 0.0874. The number of nitrogens with one attached hydrogen (secondary N) is 1. The Balaban J connectivity index is 2.08. The van der Waals surface area contributed by atoms with Gasteiger partial charge in [-0.25, -0.2) is 0 Å². The van der Waals surface area contributed by atoms with Crippen molar-refractivity contribution in [3.05, 3.63) is 21.9 Å². The van der Waals surface area contributed by atoms with Crippen LogP contribution < -0.4 is 5.32 Å². The summed E-state index contributed by atoms with van der Waals surface area (Å²) in [5, 5.41) is 4.11. The van der Waals surface area contributed by atoms with Crippen molar-refractivity contribution < 1.29 is 4.79 Å². The number of hydrogen-bond acceptors (Lipinski definition) is 2. The van der Waals surface area contributed by atoms with Gasteiger partial charge in [-0.3, -0.25) is 4.79 Å². The molecule has 100 valence electrons. The molecule has 1 aliphatic carbocycles. The molecule has 0 spiro atoms. The number of halogens is 1. The van der Waals surface area contributed by atoms with Crippen LogP contribution in [0.2, 0.25) is 0 Å². The molecule has 0 aromatic carbocycles. The van der Waals surface area contributed by atoms with Crippen LogP contribution in [0.15, 0.2) is 12.1 Å². The number of carbonyl (C=O) groups is 1. The highest BCUT2D eigenvalue weighted by molar-refractivity contribution is 9.09. The Kier molecular flexibility index (Phi) is 4.49. The summed E-state index contributed by atoms with van der Waals surface area (Å²) in [6.07, 6.45) is 4.65. The summed E-state index contributed by atoms with van der Waals surface area (Å²) < 4.78 is 0. The maximum atomic E-state index is 12.3. The molecule has 2 rings (SSSR count). The van der Waals surface area contributed by atoms with Crippen LogP contribution in [0, 0.1) is 12.8 Å². The molecule has 18 heavy (non-hydrogen) atoms. The third-order valence-corrected chi connectivity index (χ3v) is 5.76. The molecule has 2 nitrogen and oxygen atoms in total. The van der Waals surface area contributed by atoms with Crippen LogP contribution in [0.1, 0.15) is 47.2 Å². The predicted octanol–water partition coefficient (Wildman–Crippen LogP) is 4.13. The fraction of sp³-hybridized carbons (Fsp3) is 0.643. The summed E-state index contributed by atoms with van der Waals surface area (Å²) in [4.78, 5) is 14.3. The standard InChI is InChI=1S/C14H20BrNOS/c1-10-4-3-7-14(8-10,9-15)16-13(17)12-6-5-11(2)18-12/h5-6,10H,3-4,7-9H2,1-2H3,(H,16,17). The lowest BCUT2D eigenvalue weighted by Gasteiger charge is -2.39. The minimum absolute atomic E-state index is 0.0490. The van der Waals surface area contributed by atoms with Gasteiger partial charge in [0.1, 0.15) is 0 Å². The van der Waals surface area contributed by atoms with E-state index in [1.807, 2.05) is 19.1 Å². The maximum Gasteiger partial charge on any atom is 0.261 e. The fourth-order valence-electron chi connectivity index (χ4n) is 2.79. The predicted molar refractivity (Wildman–Crippen MR) is 80.7 cm³/mol. The molecule has 1 amide bonds. The normalized spacial score (nSPS) is 28.1. The molecular weight excluding hydrogens is 310 g/mol. The first-order valence-electron chi connectivity index (χ1n) is 6.49. The van der Waals surface area contributed by atoms with E-state index in [4.69, 9.17) is 0 Å². The Morgan fingerprint density at radius 2 is 2.39 bits per heavy atom. The average molecular weight is 330 g/mol. The van der Waals surface area contributed by atoms with Gasteiger partial charge in [0.15, 0.2) is 0 Å². The van der Waals surface area contributed by atoms with Crippen LogP contribution in [0.5, 0.6) is 0 Å². The van der Waals surface area contributed by atoms with E-state index in [1.54, 1.807) is 11.3 Å². The number of thiophene rings is 1. The quantitative estimate of drug-likeness (QED) is 0.830. The van der Waals surface area contributed by atoms with E-state index in [9.17, 15) is 4.79 Å². The molecule has 1 saturated carbocycles. The molecule has 1 aromatic heterocycles. The Labute approximate surface area is 121 Å². The van der Waals surface area contributed by atoms with E-state index in [0.717, 1.165) is 23.0 Å². The average Bonchev–Trinajstić information content (AvgIpc) is 2.76. The lowest BCUT2D eigenvalue weighted by atomic mass is 9.77. The Hall–Kier alpha value is -0.350. The Bertz CT molecular complexity index is 431. The molecule has 0 radical (unpaired) electrons. The van der Waals surface area contributed by atoms with Crippen molar-refractivity contribution in [2.45, 2.75) is 45.1 Å². The van der Waals surface area contributed by atoms with Gasteiger partial charge >= 0.3 is 0 Å². The van der Waals surface area contributed by atoms with E-state index in [2.05, 4.69) is 28.2 Å². The first-order valence-corrected chi connectivity index (χ1v) is 8.43. The van der Waals surface area contributed by atoms with Crippen LogP contribution in [-0.2, 0) is 0 Å². The van der Waals surface area contributed by atoms with Crippen LogP contribution in [0.4, 0.5) is 0 Å². The molecule has 1 heterocycles. The summed E-state index contributed by atoms with van der Waals surface area (Å²) in [6, 6.07) is 3.92. The van der Waals surface area contributed by atoms with Gasteiger partial charge in [0.05, 0.1) is 10.4 Å². The molecule has 0 bridgehead atoms. The number of amides is 1. The fourth-order valence-corrected chi connectivity index (χ4v) is 4.20. The molecule has 1 aromatic rings. The van der Waals surface area contributed by atoms with Gasteiger partial charge < -0.3 is 5.32 Å². The largest absolute Gasteiger partial charge is 0.345 e. The molecule has 0 aliphatic heterocycles. The highest BCUT2D eigenvalue weighted by Crippen LogP contribution is 2.34. The molecule has 2 atom stereocenters.